The standard InChI is InChI=1S/C14H14ClNO3/c1-2-8-16-13(17)10-19-14(18)7-6-11-4-3-5-12(15)9-11/h2-7,9H,1,8,10H2,(H,16,17)/b7-6+. The molecule has 0 fully saturated rings. The van der Waals surface area contributed by atoms with E-state index < -0.39 is 5.97 Å². The van der Waals surface area contributed by atoms with Gasteiger partial charge in [0, 0.05) is 17.6 Å². The van der Waals surface area contributed by atoms with Crippen molar-refractivity contribution in [1.29, 1.82) is 0 Å². The molecule has 0 radical (unpaired) electrons. The van der Waals surface area contributed by atoms with Gasteiger partial charge in [0.15, 0.2) is 6.61 Å². The number of rotatable bonds is 6. The van der Waals surface area contributed by atoms with Gasteiger partial charge in [0.1, 0.15) is 0 Å². The maximum absolute atomic E-state index is 11.3. The molecule has 0 unspecified atom stereocenters. The Labute approximate surface area is 116 Å². The topological polar surface area (TPSA) is 55.4 Å². The molecule has 0 aliphatic carbocycles. The summed E-state index contributed by atoms with van der Waals surface area (Å²) in [6.07, 6.45) is 4.35. The summed E-state index contributed by atoms with van der Waals surface area (Å²) in [6.45, 7) is 3.48. The first-order chi connectivity index (χ1) is 9.11. The second-order valence-corrected chi connectivity index (χ2v) is 4.03. The Hall–Kier alpha value is -2.07. The van der Waals surface area contributed by atoms with E-state index in [0.29, 0.717) is 11.6 Å². The second kappa shape index (κ2) is 8.11. The Morgan fingerprint density at radius 1 is 1.42 bits per heavy atom. The lowest BCUT2D eigenvalue weighted by Crippen LogP contribution is -2.28. The van der Waals surface area contributed by atoms with Crippen LogP contribution in [-0.4, -0.2) is 25.0 Å². The molecule has 4 nitrogen and oxygen atoms in total. The molecule has 0 atom stereocenters. The van der Waals surface area contributed by atoms with Crippen molar-refractivity contribution >= 4 is 29.6 Å². The van der Waals surface area contributed by atoms with Crippen molar-refractivity contribution in [2.24, 2.45) is 0 Å². The number of carbonyl (C=O) groups is 2. The molecule has 1 rings (SSSR count). The number of hydrogen-bond acceptors (Lipinski definition) is 3. The third-order valence-corrected chi connectivity index (χ3v) is 2.28. The molecule has 0 heterocycles. The van der Waals surface area contributed by atoms with Crippen LogP contribution in [0.25, 0.3) is 6.08 Å². The summed E-state index contributed by atoms with van der Waals surface area (Å²) in [7, 11) is 0. The molecular formula is C14H14ClNO3. The van der Waals surface area contributed by atoms with Crippen LogP contribution in [0.5, 0.6) is 0 Å². The number of nitrogens with one attached hydrogen (secondary N) is 1. The SMILES string of the molecule is C=CCNC(=O)COC(=O)/C=C/c1cccc(Cl)c1. The average molecular weight is 280 g/mol. The lowest BCUT2D eigenvalue weighted by Gasteiger charge is -2.02. The number of halogens is 1. The summed E-state index contributed by atoms with van der Waals surface area (Å²) in [5.74, 6) is -0.960. The van der Waals surface area contributed by atoms with Gasteiger partial charge in [-0.15, -0.1) is 6.58 Å². The molecule has 0 aliphatic rings. The zero-order valence-electron chi connectivity index (χ0n) is 10.3. The van der Waals surface area contributed by atoms with E-state index >= 15 is 0 Å². The minimum absolute atomic E-state index is 0.313. The average Bonchev–Trinajstić information content (AvgIpc) is 2.40. The van der Waals surface area contributed by atoms with Gasteiger partial charge in [-0.2, -0.15) is 0 Å². The molecule has 0 aliphatic heterocycles. The van der Waals surface area contributed by atoms with Crippen molar-refractivity contribution in [3.8, 4) is 0 Å². The van der Waals surface area contributed by atoms with E-state index in [9.17, 15) is 9.59 Å². The molecule has 1 aromatic rings. The van der Waals surface area contributed by atoms with Gasteiger partial charge in [-0.05, 0) is 23.8 Å². The minimum Gasteiger partial charge on any atom is -0.452 e. The Kier molecular flexibility index (Phi) is 6.39. The van der Waals surface area contributed by atoms with Crippen LogP contribution in [0, 0.1) is 0 Å². The first kappa shape index (κ1) is 15.0. The first-order valence-electron chi connectivity index (χ1n) is 5.60. The quantitative estimate of drug-likeness (QED) is 0.493. The molecule has 100 valence electrons. The fourth-order valence-corrected chi connectivity index (χ4v) is 1.40. The largest absolute Gasteiger partial charge is 0.452 e. The lowest BCUT2D eigenvalue weighted by atomic mass is 10.2. The second-order valence-electron chi connectivity index (χ2n) is 3.59. The predicted octanol–water partition coefficient (Wildman–Crippen LogP) is 2.20. The summed E-state index contributed by atoms with van der Waals surface area (Å²) in [5, 5.41) is 3.08. The molecule has 0 bridgehead atoms. The lowest BCUT2D eigenvalue weighted by molar-refractivity contribution is -0.143. The van der Waals surface area contributed by atoms with Gasteiger partial charge in [0.2, 0.25) is 0 Å². The number of esters is 1. The van der Waals surface area contributed by atoms with Gasteiger partial charge in [0.25, 0.3) is 5.91 Å². The van der Waals surface area contributed by atoms with E-state index in [4.69, 9.17) is 16.3 Å². The third-order valence-electron chi connectivity index (χ3n) is 2.05. The van der Waals surface area contributed by atoms with Gasteiger partial charge in [0.05, 0.1) is 0 Å². The van der Waals surface area contributed by atoms with Gasteiger partial charge in [-0.25, -0.2) is 4.79 Å². The molecule has 1 amide bonds. The Morgan fingerprint density at radius 3 is 2.89 bits per heavy atom. The summed E-state index contributed by atoms with van der Waals surface area (Å²) in [6, 6.07) is 7.02. The van der Waals surface area contributed by atoms with E-state index in [2.05, 4.69) is 11.9 Å². The summed E-state index contributed by atoms with van der Waals surface area (Å²) in [5.41, 5.74) is 0.778. The Morgan fingerprint density at radius 2 is 2.21 bits per heavy atom. The van der Waals surface area contributed by atoms with Crippen LogP contribution < -0.4 is 5.32 Å². The van der Waals surface area contributed by atoms with Crippen LogP contribution >= 0.6 is 11.6 Å². The van der Waals surface area contributed by atoms with E-state index in [1.165, 1.54) is 6.08 Å². The molecule has 0 aromatic heterocycles. The monoisotopic (exact) mass is 279 g/mol. The smallest absolute Gasteiger partial charge is 0.331 e. The van der Waals surface area contributed by atoms with E-state index in [1.54, 1.807) is 36.4 Å². The van der Waals surface area contributed by atoms with Gasteiger partial charge < -0.3 is 10.1 Å². The molecule has 5 heteroatoms. The normalized spacial score (nSPS) is 10.2. The summed E-state index contributed by atoms with van der Waals surface area (Å²) >= 11 is 5.80. The Bertz CT molecular complexity index is 497. The van der Waals surface area contributed by atoms with Crippen LogP contribution in [0.2, 0.25) is 5.02 Å². The fraction of sp³-hybridized carbons (Fsp3) is 0.143. The van der Waals surface area contributed by atoms with Crippen molar-refractivity contribution in [3.63, 3.8) is 0 Å². The molecule has 0 spiro atoms. The van der Waals surface area contributed by atoms with Crippen molar-refractivity contribution < 1.29 is 14.3 Å². The number of hydrogen-bond donors (Lipinski definition) is 1. The van der Waals surface area contributed by atoms with Gasteiger partial charge in [-0.1, -0.05) is 29.8 Å². The molecular weight excluding hydrogens is 266 g/mol. The van der Waals surface area contributed by atoms with E-state index in [1.807, 2.05) is 0 Å². The highest BCUT2D eigenvalue weighted by Gasteiger charge is 2.03. The number of ether oxygens (including phenoxy) is 1. The molecule has 19 heavy (non-hydrogen) atoms. The molecule has 0 saturated heterocycles. The highest BCUT2D eigenvalue weighted by molar-refractivity contribution is 6.30. The van der Waals surface area contributed by atoms with E-state index in [-0.39, 0.29) is 12.5 Å². The van der Waals surface area contributed by atoms with Crippen LogP contribution in [0.1, 0.15) is 5.56 Å². The van der Waals surface area contributed by atoms with Crippen molar-refractivity contribution in [3.05, 3.63) is 53.6 Å². The van der Waals surface area contributed by atoms with Crippen LogP contribution in [0.3, 0.4) is 0 Å². The highest BCUT2D eigenvalue weighted by atomic mass is 35.5. The fourth-order valence-electron chi connectivity index (χ4n) is 1.20. The Balaban J connectivity index is 2.39. The first-order valence-corrected chi connectivity index (χ1v) is 5.97. The van der Waals surface area contributed by atoms with Gasteiger partial charge >= 0.3 is 5.97 Å². The zero-order valence-corrected chi connectivity index (χ0v) is 11.0. The molecule has 0 saturated carbocycles. The number of amides is 1. The van der Waals surface area contributed by atoms with Crippen molar-refractivity contribution in [2.75, 3.05) is 13.2 Å². The number of benzene rings is 1. The van der Waals surface area contributed by atoms with Crippen molar-refractivity contribution in [1.82, 2.24) is 5.32 Å². The van der Waals surface area contributed by atoms with Crippen LogP contribution in [0.15, 0.2) is 43.0 Å². The summed E-state index contributed by atoms with van der Waals surface area (Å²) < 4.78 is 4.75. The minimum atomic E-state index is -0.589. The predicted molar refractivity (Wildman–Crippen MR) is 74.7 cm³/mol. The molecule has 1 aromatic carbocycles. The number of carbonyl (C=O) groups excluding carboxylic acids is 2. The maximum atomic E-state index is 11.3. The van der Waals surface area contributed by atoms with Gasteiger partial charge in [-0.3, -0.25) is 4.79 Å². The third kappa shape index (κ3) is 6.43. The van der Waals surface area contributed by atoms with Crippen LogP contribution in [-0.2, 0) is 14.3 Å². The highest BCUT2D eigenvalue weighted by Crippen LogP contribution is 2.11. The maximum Gasteiger partial charge on any atom is 0.331 e. The van der Waals surface area contributed by atoms with E-state index in [0.717, 1.165) is 5.56 Å². The summed E-state index contributed by atoms with van der Waals surface area (Å²) in [4.78, 5) is 22.5. The van der Waals surface area contributed by atoms with Crippen molar-refractivity contribution in [2.45, 2.75) is 0 Å². The van der Waals surface area contributed by atoms with Crippen LogP contribution in [0.4, 0.5) is 0 Å². The zero-order chi connectivity index (χ0) is 14.1. The molecule has 1 N–H and O–H groups in total.